The summed E-state index contributed by atoms with van der Waals surface area (Å²) in [5.74, 6) is -0.740. The molecule has 0 spiro atoms. The van der Waals surface area contributed by atoms with Crippen LogP contribution in [0.15, 0.2) is 39.9 Å². The second kappa shape index (κ2) is 5.56. The smallest absolute Gasteiger partial charge is 0.345 e. The van der Waals surface area contributed by atoms with Crippen LogP contribution in [0.1, 0.15) is 23.0 Å². The molecule has 2 rings (SSSR count). The van der Waals surface area contributed by atoms with Gasteiger partial charge in [-0.25, -0.2) is 9.59 Å². The summed E-state index contributed by atoms with van der Waals surface area (Å²) in [4.78, 5) is 37.7. The third-order valence-electron chi connectivity index (χ3n) is 2.84. The summed E-state index contributed by atoms with van der Waals surface area (Å²) in [6.07, 6.45) is 0. The van der Waals surface area contributed by atoms with E-state index in [0.717, 1.165) is 0 Å². The monoisotopic (exact) mass is 274 g/mol. The van der Waals surface area contributed by atoms with Gasteiger partial charge in [-0.1, -0.05) is 18.2 Å². The normalized spacial score (nSPS) is 10.3. The highest BCUT2D eigenvalue weighted by Crippen LogP contribution is 2.09. The van der Waals surface area contributed by atoms with Crippen molar-refractivity contribution in [2.75, 3.05) is 6.61 Å². The lowest BCUT2D eigenvalue weighted by molar-refractivity contribution is 0.0522. The van der Waals surface area contributed by atoms with Crippen LogP contribution in [0.4, 0.5) is 0 Å². The topological polar surface area (TPSA) is 81.2 Å². The van der Waals surface area contributed by atoms with E-state index >= 15 is 0 Å². The molecule has 0 aliphatic heterocycles. The summed E-state index contributed by atoms with van der Waals surface area (Å²) in [6, 6.07) is 8.75. The first-order valence-corrected chi connectivity index (χ1v) is 6.14. The molecule has 0 unspecified atom stereocenters. The average Bonchev–Trinajstić information content (AvgIpc) is 2.39. The zero-order chi connectivity index (χ0) is 14.7. The highest BCUT2D eigenvalue weighted by molar-refractivity contribution is 5.90. The molecule has 1 aromatic carbocycles. The standard InChI is InChI=1S/C14H14N2O4/c1-3-20-13(18)11-9(2)16(14(19)15-12(11)17)10-7-5-4-6-8-10/h4-8H,3H2,1-2H3,(H,15,17,19). The van der Waals surface area contributed by atoms with Gasteiger partial charge in [-0.3, -0.25) is 14.3 Å². The van der Waals surface area contributed by atoms with Crippen LogP contribution in [-0.2, 0) is 4.74 Å². The number of esters is 1. The van der Waals surface area contributed by atoms with E-state index < -0.39 is 17.2 Å². The van der Waals surface area contributed by atoms with Crippen molar-refractivity contribution < 1.29 is 9.53 Å². The summed E-state index contributed by atoms with van der Waals surface area (Å²) in [5.41, 5.74) is -0.666. The minimum atomic E-state index is -0.740. The van der Waals surface area contributed by atoms with Crippen LogP contribution in [0.3, 0.4) is 0 Å². The van der Waals surface area contributed by atoms with Crippen LogP contribution in [0, 0.1) is 6.92 Å². The van der Waals surface area contributed by atoms with Gasteiger partial charge in [0.15, 0.2) is 0 Å². The molecule has 0 fully saturated rings. The molecule has 1 aromatic heterocycles. The number of para-hydroxylation sites is 1. The quantitative estimate of drug-likeness (QED) is 0.847. The second-order valence-electron chi connectivity index (χ2n) is 4.11. The number of nitrogens with zero attached hydrogens (tertiary/aromatic N) is 1. The van der Waals surface area contributed by atoms with E-state index in [1.165, 1.54) is 11.5 Å². The molecule has 1 heterocycles. The van der Waals surface area contributed by atoms with Gasteiger partial charge in [-0.15, -0.1) is 0 Å². The van der Waals surface area contributed by atoms with E-state index in [0.29, 0.717) is 5.69 Å². The highest BCUT2D eigenvalue weighted by atomic mass is 16.5. The van der Waals surface area contributed by atoms with E-state index in [-0.39, 0.29) is 17.9 Å². The first-order valence-electron chi connectivity index (χ1n) is 6.14. The van der Waals surface area contributed by atoms with Gasteiger partial charge in [0.1, 0.15) is 5.56 Å². The third kappa shape index (κ3) is 2.40. The Hall–Kier alpha value is -2.63. The van der Waals surface area contributed by atoms with Crippen molar-refractivity contribution in [3.05, 3.63) is 62.4 Å². The Labute approximate surface area is 114 Å². The Bertz CT molecular complexity index is 744. The lowest BCUT2D eigenvalue weighted by Crippen LogP contribution is -2.35. The predicted octanol–water partition coefficient (Wildman–Crippen LogP) is 1.01. The number of aromatic nitrogens is 2. The van der Waals surface area contributed by atoms with Crippen LogP contribution in [0.25, 0.3) is 5.69 Å². The predicted molar refractivity (Wildman–Crippen MR) is 73.4 cm³/mol. The molecule has 0 saturated carbocycles. The van der Waals surface area contributed by atoms with Gasteiger partial charge in [-0.05, 0) is 26.0 Å². The van der Waals surface area contributed by atoms with Crippen molar-refractivity contribution in [2.24, 2.45) is 0 Å². The van der Waals surface area contributed by atoms with Gasteiger partial charge in [0.2, 0.25) is 0 Å². The van der Waals surface area contributed by atoms with Gasteiger partial charge in [-0.2, -0.15) is 0 Å². The average molecular weight is 274 g/mol. The van der Waals surface area contributed by atoms with Gasteiger partial charge in [0.25, 0.3) is 5.56 Å². The van der Waals surface area contributed by atoms with Crippen molar-refractivity contribution in [3.63, 3.8) is 0 Å². The Morgan fingerprint density at radius 3 is 2.50 bits per heavy atom. The molecule has 2 aromatic rings. The Morgan fingerprint density at radius 2 is 1.90 bits per heavy atom. The molecule has 0 atom stereocenters. The number of hydrogen-bond acceptors (Lipinski definition) is 4. The Kier molecular flexibility index (Phi) is 3.84. The fourth-order valence-electron chi connectivity index (χ4n) is 1.98. The number of carbonyl (C=O) groups is 1. The Balaban J connectivity index is 2.72. The molecule has 6 nitrogen and oxygen atoms in total. The van der Waals surface area contributed by atoms with E-state index in [9.17, 15) is 14.4 Å². The number of aromatic amines is 1. The van der Waals surface area contributed by atoms with Crippen molar-refractivity contribution in [3.8, 4) is 5.69 Å². The molecule has 6 heteroatoms. The number of carbonyl (C=O) groups excluding carboxylic acids is 1. The number of hydrogen-bond donors (Lipinski definition) is 1. The molecule has 0 saturated heterocycles. The van der Waals surface area contributed by atoms with E-state index in [1.54, 1.807) is 31.2 Å². The van der Waals surface area contributed by atoms with Crippen molar-refractivity contribution in [1.29, 1.82) is 0 Å². The lowest BCUT2D eigenvalue weighted by atomic mass is 10.2. The van der Waals surface area contributed by atoms with Gasteiger partial charge >= 0.3 is 11.7 Å². The van der Waals surface area contributed by atoms with Gasteiger partial charge in [0, 0.05) is 5.69 Å². The summed E-state index contributed by atoms with van der Waals surface area (Å²) >= 11 is 0. The summed E-state index contributed by atoms with van der Waals surface area (Å²) in [6.45, 7) is 3.34. The lowest BCUT2D eigenvalue weighted by Gasteiger charge is -2.12. The summed E-state index contributed by atoms with van der Waals surface area (Å²) in [5, 5.41) is 0. The Morgan fingerprint density at radius 1 is 1.25 bits per heavy atom. The minimum Gasteiger partial charge on any atom is -0.462 e. The SMILES string of the molecule is CCOC(=O)c1c(C)n(-c2ccccc2)c(=O)[nH]c1=O. The molecule has 20 heavy (non-hydrogen) atoms. The maximum absolute atomic E-state index is 11.9. The first-order chi connectivity index (χ1) is 9.56. The number of benzene rings is 1. The van der Waals surface area contributed by atoms with Crippen molar-refractivity contribution in [2.45, 2.75) is 13.8 Å². The van der Waals surface area contributed by atoms with Crippen LogP contribution < -0.4 is 11.2 Å². The van der Waals surface area contributed by atoms with Crippen LogP contribution >= 0.6 is 0 Å². The van der Waals surface area contributed by atoms with Crippen LogP contribution in [0.2, 0.25) is 0 Å². The summed E-state index contributed by atoms with van der Waals surface area (Å²) in [7, 11) is 0. The van der Waals surface area contributed by atoms with Crippen molar-refractivity contribution in [1.82, 2.24) is 9.55 Å². The third-order valence-corrected chi connectivity index (χ3v) is 2.84. The van der Waals surface area contributed by atoms with E-state index in [2.05, 4.69) is 4.98 Å². The second-order valence-corrected chi connectivity index (χ2v) is 4.11. The maximum atomic E-state index is 11.9. The molecule has 0 radical (unpaired) electrons. The first kappa shape index (κ1) is 13.8. The molecule has 0 bridgehead atoms. The van der Waals surface area contributed by atoms with Crippen LogP contribution in [0.5, 0.6) is 0 Å². The van der Waals surface area contributed by atoms with Gasteiger partial charge < -0.3 is 4.74 Å². The number of rotatable bonds is 3. The maximum Gasteiger partial charge on any atom is 0.345 e. The van der Waals surface area contributed by atoms with Gasteiger partial charge in [0.05, 0.1) is 12.3 Å². The van der Waals surface area contributed by atoms with E-state index in [1.807, 2.05) is 6.07 Å². The fourth-order valence-corrected chi connectivity index (χ4v) is 1.98. The molecule has 104 valence electrons. The number of nitrogens with one attached hydrogen (secondary N) is 1. The minimum absolute atomic E-state index is 0.155. The van der Waals surface area contributed by atoms with Crippen LogP contribution in [-0.4, -0.2) is 22.1 Å². The number of ether oxygens (including phenoxy) is 1. The van der Waals surface area contributed by atoms with E-state index in [4.69, 9.17) is 4.74 Å². The molecule has 0 aliphatic rings. The molecule has 1 N–H and O–H groups in total. The molecular weight excluding hydrogens is 260 g/mol. The largest absolute Gasteiger partial charge is 0.462 e. The fraction of sp³-hybridized carbons (Fsp3) is 0.214. The molecule has 0 amide bonds. The molecular formula is C14H14N2O4. The zero-order valence-corrected chi connectivity index (χ0v) is 11.2. The zero-order valence-electron chi connectivity index (χ0n) is 11.2. The molecule has 0 aliphatic carbocycles. The highest BCUT2D eigenvalue weighted by Gasteiger charge is 2.19. The number of H-pyrrole nitrogens is 1. The summed E-state index contributed by atoms with van der Waals surface area (Å²) < 4.78 is 6.12. The van der Waals surface area contributed by atoms with Crippen molar-refractivity contribution >= 4 is 5.97 Å².